The molecule has 2 aliphatic rings. The Morgan fingerprint density at radius 3 is 1.97 bits per heavy atom. The van der Waals surface area contributed by atoms with Gasteiger partial charge in [-0.05, 0) is 42.8 Å². The number of aryl methyl sites for hydroxylation is 1. The van der Waals surface area contributed by atoms with E-state index < -0.39 is 8.07 Å². The second-order valence-electron chi connectivity index (χ2n) is 9.59. The first-order valence-electron chi connectivity index (χ1n) is 10.7. The average Bonchev–Trinajstić information content (AvgIpc) is 3.19. The van der Waals surface area contributed by atoms with Crippen molar-refractivity contribution in [2.24, 2.45) is 0 Å². The van der Waals surface area contributed by atoms with Crippen molar-refractivity contribution in [3.05, 3.63) is 102 Å². The summed E-state index contributed by atoms with van der Waals surface area (Å²) in [6, 6.07) is 26.9. The largest absolute Gasteiger partial charge is 0.417 e. The number of hydrogen-bond donors (Lipinski definition) is 0. The number of rotatable bonds is 1. The molecule has 1 unspecified atom stereocenters. The molecule has 6 rings (SSSR count). The standard InChI is InChI=1S/C27H26N2Si/c1-19-17-25-21-12-6-8-14-23(21)27(29(25)18-26(19)30(2,3)4)22-13-7-5-11-20(22)24-15-9-10-16-28(24)27/h5-18H,1-4H3/q+2. The molecule has 2 aromatic carbocycles. The van der Waals surface area contributed by atoms with Crippen molar-refractivity contribution < 1.29 is 9.13 Å². The van der Waals surface area contributed by atoms with E-state index >= 15 is 0 Å². The van der Waals surface area contributed by atoms with Crippen molar-refractivity contribution >= 4 is 13.3 Å². The molecule has 0 saturated heterocycles. The van der Waals surface area contributed by atoms with Gasteiger partial charge in [0, 0.05) is 23.4 Å². The molecule has 0 radical (unpaired) electrons. The van der Waals surface area contributed by atoms with Gasteiger partial charge in [0.05, 0.1) is 19.2 Å². The zero-order valence-electron chi connectivity index (χ0n) is 18.0. The number of nitrogens with zero attached hydrogens (tertiary/aromatic N) is 2. The Labute approximate surface area is 179 Å². The predicted molar refractivity (Wildman–Crippen MR) is 123 cm³/mol. The quantitative estimate of drug-likeness (QED) is 0.283. The van der Waals surface area contributed by atoms with Crippen LogP contribution in [0.5, 0.6) is 0 Å². The monoisotopic (exact) mass is 406 g/mol. The Balaban J connectivity index is 1.84. The third kappa shape index (κ3) is 2.03. The molecular formula is C27H26N2Si+2. The minimum absolute atomic E-state index is 0.374. The second-order valence-corrected chi connectivity index (χ2v) is 14.6. The van der Waals surface area contributed by atoms with E-state index in [0.29, 0.717) is 0 Å². The van der Waals surface area contributed by atoms with Gasteiger partial charge < -0.3 is 0 Å². The molecule has 4 aromatic rings. The highest BCUT2D eigenvalue weighted by atomic mass is 28.3. The van der Waals surface area contributed by atoms with Crippen LogP contribution in [0, 0.1) is 6.92 Å². The first-order valence-corrected chi connectivity index (χ1v) is 14.2. The molecule has 2 aromatic heterocycles. The van der Waals surface area contributed by atoms with Gasteiger partial charge in [-0.25, -0.2) is 0 Å². The van der Waals surface area contributed by atoms with Crippen LogP contribution in [0.15, 0.2) is 85.2 Å². The maximum absolute atomic E-state index is 2.56. The fourth-order valence-electron chi connectivity index (χ4n) is 5.66. The summed E-state index contributed by atoms with van der Waals surface area (Å²) in [5.41, 5.74) is 9.00. The third-order valence-electron chi connectivity index (χ3n) is 6.82. The van der Waals surface area contributed by atoms with Gasteiger partial charge in [-0.1, -0.05) is 43.9 Å². The minimum Gasteiger partial charge on any atom is -0.126 e. The number of fused-ring (bicyclic) bond motifs is 10. The summed E-state index contributed by atoms with van der Waals surface area (Å²) in [5, 5.41) is 1.53. The van der Waals surface area contributed by atoms with Gasteiger partial charge in [-0.15, -0.1) is 9.13 Å². The predicted octanol–water partition coefficient (Wildman–Crippen LogP) is 4.37. The fourth-order valence-corrected chi connectivity index (χ4v) is 7.43. The lowest BCUT2D eigenvalue weighted by Gasteiger charge is -2.21. The van der Waals surface area contributed by atoms with Gasteiger partial charge in [-0.3, -0.25) is 0 Å². The van der Waals surface area contributed by atoms with Crippen molar-refractivity contribution in [3.8, 4) is 22.5 Å². The van der Waals surface area contributed by atoms with E-state index in [1.54, 1.807) is 0 Å². The summed E-state index contributed by atoms with van der Waals surface area (Å²) in [5.74, 6) is 0. The van der Waals surface area contributed by atoms with Crippen LogP contribution in [0.25, 0.3) is 22.5 Å². The molecule has 3 heteroatoms. The molecule has 2 aliphatic heterocycles. The molecule has 0 amide bonds. The van der Waals surface area contributed by atoms with Crippen LogP contribution >= 0.6 is 0 Å². The maximum Gasteiger partial charge on any atom is 0.417 e. The first kappa shape index (κ1) is 17.8. The van der Waals surface area contributed by atoms with Crippen LogP contribution in [-0.2, 0) is 5.66 Å². The van der Waals surface area contributed by atoms with Gasteiger partial charge in [0.1, 0.15) is 11.1 Å². The Morgan fingerprint density at radius 2 is 1.30 bits per heavy atom. The van der Waals surface area contributed by atoms with Crippen molar-refractivity contribution in [2.75, 3.05) is 0 Å². The van der Waals surface area contributed by atoms with Crippen molar-refractivity contribution in [3.63, 3.8) is 0 Å². The minimum atomic E-state index is -1.50. The topological polar surface area (TPSA) is 7.76 Å². The van der Waals surface area contributed by atoms with Crippen LogP contribution in [0.2, 0.25) is 19.6 Å². The lowest BCUT2D eigenvalue weighted by atomic mass is 9.90. The maximum atomic E-state index is 2.56. The van der Waals surface area contributed by atoms with Gasteiger partial charge >= 0.3 is 5.66 Å². The molecule has 1 spiro atoms. The lowest BCUT2D eigenvalue weighted by Crippen LogP contribution is -2.72. The molecule has 4 heterocycles. The molecule has 2 nitrogen and oxygen atoms in total. The van der Waals surface area contributed by atoms with Gasteiger partial charge in [-0.2, -0.15) is 0 Å². The van der Waals surface area contributed by atoms with Crippen molar-refractivity contribution in [1.82, 2.24) is 0 Å². The SMILES string of the molecule is Cc1cc2[n+](cc1[Si](C)(C)C)C1(c3ccccc3-c3cccc[n+]31)c1ccccc1-2. The summed E-state index contributed by atoms with van der Waals surface area (Å²) < 4.78 is 5.05. The first-order chi connectivity index (χ1) is 14.4. The highest BCUT2D eigenvalue weighted by molar-refractivity contribution is 6.88. The van der Waals surface area contributed by atoms with Crippen LogP contribution < -0.4 is 14.3 Å². The molecule has 1 atom stereocenters. The Hall–Kier alpha value is -3.04. The van der Waals surface area contributed by atoms with E-state index in [2.05, 4.69) is 121 Å². The summed E-state index contributed by atoms with van der Waals surface area (Å²) >= 11 is 0. The third-order valence-corrected chi connectivity index (χ3v) is 8.96. The number of aromatic nitrogens is 2. The van der Waals surface area contributed by atoms with Gasteiger partial charge in [0.25, 0.3) is 0 Å². The fraction of sp³-hybridized carbons (Fsp3) is 0.185. The second kappa shape index (κ2) is 5.76. The van der Waals surface area contributed by atoms with Crippen molar-refractivity contribution in [1.29, 1.82) is 0 Å². The van der Waals surface area contributed by atoms with Crippen LogP contribution in [0.4, 0.5) is 0 Å². The zero-order valence-corrected chi connectivity index (χ0v) is 19.0. The van der Waals surface area contributed by atoms with E-state index in [9.17, 15) is 0 Å². The molecule has 0 saturated carbocycles. The van der Waals surface area contributed by atoms with E-state index in [1.165, 1.54) is 44.4 Å². The molecule has 146 valence electrons. The highest BCUT2D eigenvalue weighted by Crippen LogP contribution is 2.46. The normalized spacial score (nSPS) is 18.1. The van der Waals surface area contributed by atoms with E-state index in [4.69, 9.17) is 0 Å². The Kier molecular flexibility index (Phi) is 3.42. The Bertz CT molecular complexity index is 1300. The summed E-state index contributed by atoms with van der Waals surface area (Å²) in [6.45, 7) is 9.62. The Morgan fingerprint density at radius 1 is 0.700 bits per heavy atom. The molecule has 30 heavy (non-hydrogen) atoms. The smallest absolute Gasteiger partial charge is 0.126 e. The van der Waals surface area contributed by atoms with Crippen molar-refractivity contribution in [2.45, 2.75) is 32.2 Å². The zero-order chi connectivity index (χ0) is 20.7. The number of pyridine rings is 2. The van der Waals surface area contributed by atoms with E-state index in [-0.39, 0.29) is 5.66 Å². The van der Waals surface area contributed by atoms with Gasteiger partial charge in [0.15, 0.2) is 12.4 Å². The van der Waals surface area contributed by atoms with Crippen LogP contribution in [0.1, 0.15) is 16.7 Å². The van der Waals surface area contributed by atoms with Crippen LogP contribution in [-0.4, -0.2) is 8.07 Å². The number of hydrogen-bond acceptors (Lipinski definition) is 0. The molecule has 0 fully saturated rings. The summed E-state index contributed by atoms with van der Waals surface area (Å²) in [4.78, 5) is 0. The van der Waals surface area contributed by atoms with E-state index in [0.717, 1.165) is 0 Å². The van der Waals surface area contributed by atoms with E-state index in [1.807, 2.05) is 0 Å². The van der Waals surface area contributed by atoms with Crippen LogP contribution in [0.3, 0.4) is 0 Å². The number of benzene rings is 2. The summed E-state index contributed by atoms with van der Waals surface area (Å²) in [6.07, 6.45) is 4.73. The molecule has 0 aliphatic carbocycles. The molecular weight excluding hydrogens is 380 g/mol. The lowest BCUT2D eigenvalue weighted by molar-refractivity contribution is -0.954. The average molecular weight is 407 g/mol. The molecule has 0 bridgehead atoms. The molecule has 0 N–H and O–H groups in total. The van der Waals surface area contributed by atoms with Gasteiger partial charge in [0.2, 0.25) is 11.4 Å². The summed E-state index contributed by atoms with van der Waals surface area (Å²) in [7, 11) is -1.50. The highest BCUT2D eigenvalue weighted by Gasteiger charge is 2.66.